The molecule has 0 bridgehead atoms. The van der Waals surface area contributed by atoms with Gasteiger partial charge < -0.3 is 10.3 Å². The van der Waals surface area contributed by atoms with Gasteiger partial charge in [0, 0.05) is 16.5 Å². The molecule has 2 rings (SSSR count). The van der Waals surface area contributed by atoms with Crippen molar-refractivity contribution >= 4 is 15.9 Å². The first-order valence-corrected chi connectivity index (χ1v) is 5.87. The summed E-state index contributed by atoms with van der Waals surface area (Å²) >= 11 is 3.38. The Morgan fingerprint density at radius 1 is 1.25 bits per heavy atom. The molecule has 2 aromatic rings. The molecule has 0 radical (unpaired) electrons. The van der Waals surface area contributed by atoms with E-state index in [-0.39, 0.29) is 0 Å². The molecule has 84 valence electrons. The van der Waals surface area contributed by atoms with Crippen LogP contribution in [0.15, 0.2) is 33.3 Å². The van der Waals surface area contributed by atoms with Crippen LogP contribution in [0.3, 0.4) is 0 Å². The maximum atomic E-state index is 5.42. The summed E-state index contributed by atoms with van der Waals surface area (Å²) in [7, 11) is 0. The smallest absolute Gasteiger partial charge is 0.227 e. The van der Waals surface area contributed by atoms with E-state index in [1.807, 2.05) is 24.3 Å². The molecule has 0 spiro atoms. The van der Waals surface area contributed by atoms with E-state index in [1.165, 1.54) is 0 Å². The summed E-state index contributed by atoms with van der Waals surface area (Å²) < 4.78 is 6.15. The van der Waals surface area contributed by atoms with Crippen LogP contribution in [0.4, 0.5) is 0 Å². The van der Waals surface area contributed by atoms with Crippen molar-refractivity contribution < 1.29 is 4.52 Å². The first-order valence-electron chi connectivity index (χ1n) is 5.08. The highest BCUT2D eigenvalue weighted by molar-refractivity contribution is 9.10. The Morgan fingerprint density at radius 2 is 2.00 bits per heavy atom. The maximum absolute atomic E-state index is 5.42. The highest BCUT2D eigenvalue weighted by Gasteiger charge is 2.07. The van der Waals surface area contributed by atoms with E-state index in [9.17, 15) is 0 Å². The fourth-order valence-electron chi connectivity index (χ4n) is 1.33. The van der Waals surface area contributed by atoms with Crippen molar-refractivity contribution in [3.63, 3.8) is 0 Å². The second-order valence-electron chi connectivity index (χ2n) is 3.41. The predicted molar refractivity (Wildman–Crippen MR) is 64.8 cm³/mol. The zero-order valence-corrected chi connectivity index (χ0v) is 10.3. The Morgan fingerprint density at radius 3 is 2.69 bits per heavy atom. The van der Waals surface area contributed by atoms with Gasteiger partial charge in [-0.2, -0.15) is 4.98 Å². The predicted octanol–water partition coefficient (Wildman–Crippen LogP) is 2.39. The van der Waals surface area contributed by atoms with Crippen molar-refractivity contribution in [2.75, 3.05) is 6.54 Å². The van der Waals surface area contributed by atoms with Gasteiger partial charge in [-0.3, -0.25) is 0 Å². The van der Waals surface area contributed by atoms with Crippen LogP contribution in [-0.4, -0.2) is 16.7 Å². The fourth-order valence-corrected chi connectivity index (χ4v) is 1.59. The van der Waals surface area contributed by atoms with Crippen LogP contribution in [-0.2, 0) is 6.42 Å². The van der Waals surface area contributed by atoms with E-state index in [0.717, 1.165) is 22.9 Å². The number of hydrogen-bond donors (Lipinski definition) is 1. The van der Waals surface area contributed by atoms with E-state index in [0.29, 0.717) is 18.3 Å². The molecule has 1 aromatic carbocycles. The highest BCUT2D eigenvalue weighted by Crippen LogP contribution is 2.19. The molecular formula is C11H12BrN3O. The zero-order chi connectivity index (χ0) is 11.4. The van der Waals surface area contributed by atoms with Crippen LogP contribution in [0, 0.1) is 0 Å². The molecule has 0 atom stereocenters. The molecule has 1 aromatic heterocycles. The number of rotatable bonds is 4. The molecule has 2 N–H and O–H groups in total. The Balaban J connectivity index is 2.15. The van der Waals surface area contributed by atoms with E-state index in [4.69, 9.17) is 10.3 Å². The van der Waals surface area contributed by atoms with Gasteiger partial charge in [-0.25, -0.2) is 0 Å². The summed E-state index contributed by atoms with van der Waals surface area (Å²) in [5.41, 5.74) is 6.37. The fraction of sp³-hybridized carbons (Fsp3) is 0.273. The average Bonchev–Trinajstić information content (AvgIpc) is 2.76. The average molecular weight is 282 g/mol. The van der Waals surface area contributed by atoms with Crippen molar-refractivity contribution in [2.24, 2.45) is 5.73 Å². The van der Waals surface area contributed by atoms with Crippen LogP contribution < -0.4 is 5.73 Å². The lowest BCUT2D eigenvalue weighted by atomic mass is 10.2. The summed E-state index contributed by atoms with van der Waals surface area (Å²) in [6.45, 7) is 0.635. The second kappa shape index (κ2) is 5.23. The third-order valence-corrected chi connectivity index (χ3v) is 2.69. The molecule has 0 saturated heterocycles. The number of benzene rings is 1. The molecule has 1 heterocycles. The van der Waals surface area contributed by atoms with Gasteiger partial charge in [-0.05, 0) is 37.2 Å². The van der Waals surface area contributed by atoms with Gasteiger partial charge >= 0.3 is 0 Å². The third kappa shape index (κ3) is 2.68. The van der Waals surface area contributed by atoms with E-state index in [1.54, 1.807) is 0 Å². The minimum absolute atomic E-state index is 0.625. The largest absolute Gasteiger partial charge is 0.339 e. The summed E-state index contributed by atoms with van der Waals surface area (Å²) in [5.74, 6) is 1.27. The molecule has 0 aliphatic rings. The Labute approximate surface area is 102 Å². The molecule has 4 nitrogen and oxygen atoms in total. The van der Waals surface area contributed by atoms with Crippen LogP contribution in [0.5, 0.6) is 0 Å². The lowest BCUT2D eigenvalue weighted by molar-refractivity contribution is 0.376. The number of halogens is 1. The van der Waals surface area contributed by atoms with Crippen LogP contribution >= 0.6 is 15.9 Å². The van der Waals surface area contributed by atoms with Gasteiger partial charge in [0.25, 0.3) is 0 Å². The molecule has 0 aliphatic heterocycles. The van der Waals surface area contributed by atoms with Crippen molar-refractivity contribution in [3.8, 4) is 11.4 Å². The van der Waals surface area contributed by atoms with Crippen LogP contribution in [0.25, 0.3) is 11.4 Å². The van der Waals surface area contributed by atoms with Gasteiger partial charge in [-0.1, -0.05) is 21.1 Å². The lowest BCUT2D eigenvalue weighted by Gasteiger charge is -1.93. The molecule has 0 aliphatic carbocycles. The molecule has 0 amide bonds. The van der Waals surface area contributed by atoms with Crippen molar-refractivity contribution in [1.82, 2.24) is 10.1 Å². The standard InChI is InChI=1S/C11H12BrN3O/c12-9-5-3-8(4-6-9)11-14-10(16-15-11)2-1-7-13/h3-6H,1-2,7,13H2. The van der Waals surface area contributed by atoms with Gasteiger partial charge in [0.15, 0.2) is 0 Å². The Bertz CT molecular complexity index is 453. The summed E-state index contributed by atoms with van der Waals surface area (Å²) in [6.07, 6.45) is 1.60. The van der Waals surface area contributed by atoms with Crippen molar-refractivity contribution in [2.45, 2.75) is 12.8 Å². The second-order valence-corrected chi connectivity index (χ2v) is 4.33. The van der Waals surface area contributed by atoms with E-state index in [2.05, 4.69) is 26.1 Å². The molecule has 5 heteroatoms. The zero-order valence-electron chi connectivity index (χ0n) is 8.69. The van der Waals surface area contributed by atoms with Gasteiger partial charge in [-0.15, -0.1) is 0 Å². The first kappa shape index (κ1) is 11.3. The molecule has 0 saturated carbocycles. The normalized spacial score (nSPS) is 10.6. The lowest BCUT2D eigenvalue weighted by Crippen LogP contribution is -2.00. The number of aromatic nitrogens is 2. The van der Waals surface area contributed by atoms with Gasteiger partial charge in [0.05, 0.1) is 0 Å². The SMILES string of the molecule is NCCCc1nc(-c2ccc(Br)cc2)no1. The number of nitrogens with zero attached hydrogens (tertiary/aromatic N) is 2. The van der Waals surface area contributed by atoms with Crippen LogP contribution in [0.2, 0.25) is 0 Å². The first-order chi connectivity index (χ1) is 7.79. The minimum atomic E-state index is 0.625. The van der Waals surface area contributed by atoms with Gasteiger partial charge in [0.1, 0.15) is 0 Å². The number of nitrogens with two attached hydrogens (primary N) is 1. The molecular weight excluding hydrogens is 270 g/mol. The summed E-state index contributed by atoms with van der Waals surface area (Å²) in [5, 5.41) is 3.93. The monoisotopic (exact) mass is 281 g/mol. The number of hydrogen-bond acceptors (Lipinski definition) is 4. The van der Waals surface area contributed by atoms with E-state index >= 15 is 0 Å². The van der Waals surface area contributed by atoms with E-state index < -0.39 is 0 Å². The van der Waals surface area contributed by atoms with Crippen LogP contribution in [0.1, 0.15) is 12.3 Å². The topological polar surface area (TPSA) is 64.9 Å². The summed E-state index contributed by atoms with van der Waals surface area (Å²) in [6, 6.07) is 7.79. The summed E-state index contributed by atoms with van der Waals surface area (Å²) in [4.78, 5) is 4.30. The molecule has 16 heavy (non-hydrogen) atoms. The van der Waals surface area contributed by atoms with Crippen molar-refractivity contribution in [3.05, 3.63) is 34.6 Å². The minimum Gasteiger partial charge on any atom is -0.339 e. The third-order valence-electron chi connectivity index (χ3n) is 2.17. The van der Waals surface area contributed by atoms with Gasteiger partial charge in [0.2, 0.25) is 11.7 Å². The molecule has 0 fully saturated rings. The van der Waals surface area contributed by atoms with Crippen molar-refractivity contribution in [1.29, 1.82) is 0 Å². The Hall–Kier alpha value is -1.20. The maximum Gasteiger partial charge on any atom is 0.227 e. The molecule has 0 unspecified atom stereocenters. The Kier molecular flexibility index (Phi) is 3.69. The number of aryl methyl sites for hydroxylation is 1. The quantitative estimate of drug-likeness (QED) is 0.935. The highest BCUT2D eigenvalue weighted by atomic mass is 79.9.